The van der Waals surface area contributed by atoms with Gasteiger partial charge < -0.3 is 10.0 Å². The van der Waals surface area contributed by atoms with E-state index < -0.39 is 0 Å². The summed E-state index contributed by atoms with van der Waals surface area (Å²) in [6.07, 6.45) is 3.50. The van der Waals surface area contributed by atoms with Gasteiger partial charge in [0.05, 0.1) is 12.6 Å². The maximum atomic E-state index is 9.09. The number of aromatic nitrogens is 1. The van der Waals surface area contributed by atoms with Gasteiger partial charge in [-0.2, -0.15) is 0 Å². The quantitative estimate of drug-likeness (QED) is 0.812. The SMILES string of the molecule is CC(CO)N(C)c1ccc2c(n1)CCC2. The Kier molecular flexibility index (Phi) is 2.91. The van der Waals surface area contributed by atoms with Gasteiger partial charge in [-0.1, -0.05) is 6.07 Å². The molecule has 0 fully saturated rings. The van der Waals surface area contributed by atoms with Gasteiger partial charge in [-0.25, -0.2) is 4.98 Å². The molecule has 0 spiro atoms. The molecular weight excluding hydrogens is 188 g/mol. The summed E-state index contributed by atoms with van der Waals surface area (Å²) in [7, 11) is 1.98. The molecule has 1 heterocycles. The summed E-state index contributed by atoms with van der Waals surface area (Å²) in [4.78, 5) is 6.66. The number of anilines is 1. The monoisotopic (exact) mass is 206 g/mol. The molecule has 82 valence electrons. The van der Waals surface area contributed by atoms with Gasteiger partial charge >= 0.3 is 0 Å². The second kappa shape index (κ2) is 4.19. The second-order valence-corrected chi connectivity index (χ2v) is 4.27. The minimum atomic E-state index is 0.122. The molecule has 15 heavy (non-hydrogen) atoms. The molecular formula is C12H18N2O. The van der Waals surface area contributed by atoms with Crippen molar-refractivity contribution in [1.29, 1.82) is 0 Å². The Hall–Kier alpha value is -1.09. The van der Waals surface area contributed by atoms with Crippen LogP contribution in [-0.4, -0.2) is 29.8 Å². The van der Waals surface area contributed by atoms with Crippen molar-refractivity contribution >= 4 is 5.82 Å². The number of aliphatic hydroxyl groups is 1. The van der Waals surface area contributed by atoms with E-state index in [0.29, 0.717) is 0 Å². The van der Waals surface area contributed by atoms with Crippen LogP contribution in [0.3, 0.4) is 0 Å². The number of nitrogens with zero attached hydrogens (tertiary/aromatic N) is 2. The zero-order valence-corrected chi connectivity index (χ0v) is 9.40. The van der Waals surface area contributed by atoms with E-state index in [2.05, 4.69) is 17.1 Å². The molecule has 1 aromatic heterocycles. The van der Waals surface area contributed by atoms with Crippen LogP contribution in [0.4, 0.5) is 5.82 Å². The molecule has 0 saturated heterocycles. The number of pyridine rings is 1. The van der Waals surface area contributed by atoms with Gasteiger partial charge in [-0.3, -0.25) is 0 Å². The Labute approximate surface area is 90.8 Å². The maximum Gasteiger partial charge on any atom is 0.128 e. The highest BCUT2D eigenvalue weighted by Gasteiger charge is 2.15. The first-order valence-electron chi connectivity index (χ1n) is 5.55. The van der Waals surface area contributed by atoms with Gasteiger partial charge in [0, 0.05) is 12.7 Å². The van der Waals surface area contributed by atoms with E-state index >= 15 is 0 Å². The third-order valence-corrected chi connectivity index (χ3v) is 3.20. The van der Waals surface area contributed by atoms with E-state index in [1.165, 1.54) is 24.1 Å². The lowest BCUT2D eigenvalue weighted by Gasteiger charge is -2.24. The lowest BCUT2D eigenvalue weighted by molar-refractivity contribution is 0.270. The molecule has 1 aromatic rings. The number of hydrogen-bond donors (Lipinski definition) is 1. The molecule has 3 heteroatoms. The van der Waals surface area contributed by atoms with Crippen LogP contribution in [0.15, 0.2) is 12.1 Å². The van der Waals surface area contributed by atoms with E-state index in [0.717, 1.165) is 12.2 Å². The number of hydrogen-bond acceptors (Lipinski definition) is 3. The lowest BCUT2D eigenvalue weighted by Crippen LogP contribution is -2.32. The fourth-order valence-corrected chi connectivity index (χ4v) is 1.95. The van der Waals surface area contributed by atoms with Crippen LogP contribution in [0.1, 0.15) is 24.6 Å². The van der Waals surface area contributed by atoms with Gasteiger partial charge in [0.2, 0.25) is 0 Å². The summed E-state index contributed by atoms with van der Waals surface area (Å²) >= 11 is 0. The molecule has 3 nitrogen and oxygen atoms in total. The molecule has 1 aliphatic carbocycles. The van der Waals surface area contributed by atoms with Crippen molar-refractivity contribution in [2.45, 2.75) is 32.2 Å². The first-order chi connectivity index (χ1) is 7.22. The van der Waals surface area contributed by atoms with E-state index in [-0.39, 0.29) is 12.6 Å². The van der Waals surface area contributed by atoms with E-state index in [1.807, 2.05) is 18.9 Å². The Morgan fingerprint density at radius 2 is 2.27 bits per heavy atom. The highest BCUT2D eigenvalue weighted by molar-refractivity contribution is 5.43. The maximum absolute atomic E-state index is 9.09. The number of aliphatic hydroxyl groups excluding tert-OH is 1. The average Bonchev–Trinajstić information content (AvgIpc) is 2.73. The summed E-state index contributed by atoms with van der Waals surface area (Å²) in [5.41, 5.74) is 2.63. The molecule has 0 aliphatic heterocycles. The Bertz CT molecular complexity index is 351. The Morgan fingerprint density at radius 1 is 1.47 bits per heavy atom. The van der Waals surface area contributed by atoms with E-state index in [4.69, 9.17) is 5.11 Å². The van der Waals surface area contributed by atoms with Crippen LogP contribution >= 0.6 is 0 Å². The fourth-order valence-electron chi connectivity index (χ4n) is 1.95. The molecule has 2 rings (SSSR count). The standard InChI is InChI=1S/C12H18N2O/c1-9(8-15)14(2)12-7-6-10-4-3-5-11(10)13-12/h6-7,9,15H,3-5,8H2,1-2H3. The average molecular weight is 206 g/mol. The number of likely N-dealkylation sites (N-methyl/N-ethyl adjacent to an activating group) is 1. The molecule has 1 atom stereocenters. The van der Waals surface area contributed by atoms with Crippen LogP contribution in [0.25, 0.3) is 0 Å². The minimum Gasteiger partial charge on any atom is -0.394 e. The van der Waals surface area contributed by atoms with Crippen LogP contribution in [-0.2, 0) is 12.8 Å². The van der Waals surface area contributed by atoms with Crippen LogP contribution in [0, 0.1) is 0 Å². The Balaban J connectivity index is 2.22. The molecule has 0 radical (unpaired) electrons. The Morgan fingerprint density at radius 3 is 3.00 bits per heavy atom. The molecule has 1 unspecified atom stereocenters. The zero-order valence-electron chi connectivity index (χ0n) is 9.40. The third kappa shape index (κ3) is 1.97. The van der Waals surface area contributed by atoms with Crippen molar-refractivity contribution in [2.75, 3.05) is 18.6 Å². The normalized spacial score (nSPS) is 16.2. The minimum absolute atomic E-state index is 0.122. The van der Waals surface area contributed by atoms with E-state index in [9.17, 15) is 0 Å². The summed E-state index contributed by atoms with van der Waals surface area (Å²) in [5, 5.41) is 9.09. The van der Waals surface area contributed by atoms with Crippen molar-refractivity contribution in [2.24, 2.45) is 0 Å². The predicted molar refractivity (Wildman–Crippen MR) is 61.2 cm³/mol. The smallest absolute Gasteiger partial charge is 0.128 e. The van der Waals surface area contributed by atoms with Crippen molar-refractivity contribution < 1.29 is 5.11 Å². The predicted octanol–water partition coefficient (Wildman–Crippen LogP) is 1.39. The summed E-state index contributed by atoms with van der Waals surface area (Å²) in [6, 6.07) is 4.35. The van der Waals surface area contributed by atoms with Crippen molar-refractivity contribution in [3.63, 3.8) is 0 Å². The molecule has 1 aliphatic rings. The summed E-state index contributed by atoms with van der Waals surface area (Å²) in [5.74, 6) is 0.970. The van der Waals surface area contributed by atoms with E-state index in [1.54, 1.807) is 0 Å². The highest BCUT2D eigenvalue weighted by atomic mass is 16.3. The largest absolute Gasteiger partial charge is 0.394 e. The topological polar surface area (TPSA) is 36.4 Å². The van der Waals surface area contributed by atoms with Gasteiger partial charge in [-0.15, -0.1) is 0 Å². The first-order valence-corrected chi connectivity index (χ1v) is 5.55. The molecule has 0 saturated carbocycles. The molecule has 1 N–H and O–H groups in total. The fraction of sp³-hybridized carbons (Fsp3) is 0.583. The number of aryl methyl sites for hydroxylation is 2. The third-order valence-electron chi connectivity index (χ3n) is 3.20. The highest BCUT2D eigenvalue weighted by Crippen LogP contribution is 2.23. The van der Waals surface area contributed by atoms with Crippen molar-refractivity contribution in [1.82, 2.24) is 4.98 Å². The second-order valence-electron chi connectivity index (χ2n) is 4.27. The van der Waals surface area contributed by atoms with Crippen molar-refractivity contribution in [3.05, 3.63) is 23.4 Å². The van der Waals surface area contributed by atoms with Crippen molar-refractivity contribution in [3.8, 4) is 0 Å². The van der Waals surface area contributed by atoms with Gasteiger partial charge in [0.15, 0.2) is 0 Å². The number of rotatable bonds is 3. The molecule has 0 aromatic carbocycles. The first kappa shape index (κ1) is 10.4. The molecule has 0 bridgehead atoms. The summed E-state index contributed by atoms with van der Waals surface area (Å²) < 4.78 is 0. The van der Waals surface area contributed by atoms with Crippen LogP contribution in [0.2, 0.25) is 0 Å². The lowest BCUT2D eigenvalue weighted by atomic mass is 10.2. The van der Waals surface area contributed by atoms with Crippen LogP contribution in [0.5, 0.6) is 0 Å². The van der Waals surface area contributed by atoms with Crippen LogP contribution < -0.4 is 4.90 Å². The number of fused-ring (bicyclic) bond motifs is 1. The zero-order chi connectivity index (χ0) is 10.8. The molecule has 0 amide bonds. The summed E-state index contributed by atoms with van der Waals surface area (Å²) in [6.45, 7) is 2.16. The van der Waals surface area contributed by atoms with Gasteiger partial charge in [-0.05, 0) is 37.8 Å². The van der Waals surface area contributed by atoms with Gasteiger partial charge in [0.1, 0.15) is 5.82 Å². The van der Waals surface area contributed by atoms with Gasteiger partial charge in [0.25, 0.3) is 0 Å².